The Kier molecular flexibility index (Phi) is 6.86. The van der Waals surface area contributed by atoms with Crippen LogP contribution in [0.2, 0.25) is 0 Å². The van der Waals surface area contributed by atoms with Gasteiger partial charge < -0.3 is 19.3 Å². The van der Waals surface area contributed by atoms with E-state index in [2.05, 4.69) is 0 Å². The SMILES string of the molecule is CC[C@@](C)(O)C[C@]1(c2ccccc2)CCN([C@@H](C)c2ccc(-c3ccn(C)c(=O)c3)cc2)C(=O)O1. The number of ether oxygens (including phenoxy) is 1. The molecule has 1 aliphatic rings. The van der Waals surface area contributed by atoms with Crippen molar-refractivity contribution in [3.63, 3.8) is 0 Å². The van der Waals surface area contributed by atoms with Crippen molar-refractivity contribution in [2.45, 2.75) is 57.3 Å². The van der Waals surface area contributed by atoms with E-state index in [-0.39, 0.29) is 17.7 Å². The molecule has 1 aliphatic heterocycles. The molecule has 0 bridgehead atoms. The summed E-state index contributed by atoms with van der Waals surface area (Å²) in [5.41, 5.74) is 1.84. The van der Waals surface area contributed by atoms with E-state index in [9.17, 15) is 14.7 Å². The summed E-state index contributed by atoms with van der Waals surface area (Å²) in [6.45, 7) is 6.25. The fourth-order valence-corrected chi connectivity index (χ4v) is 4.79. The molecule has 1 aromatic heterocycles. The summed E-state index contributed by atoms with van der Waals surface area (Å²) in [4.78, 5) is 27.0. The summed E-state index contributed by atoms with van der Waals surface area (Å²) in [6.07, 6.45) is 2.88. The van der Waals surface area contributed by atoms with E-state index < -0.39 is 11.2 Å². The number of aromatic nitrogens is 1. The predicted octanol–water partition coefficient (Wildman–Crippen LogP) is 5.40. The zero-order valence-electron chi connectivity index (χ0n) is 20.9. The van der Waals surface area contributed by atoms with Crippen LogP contribution >= 0.6 is 0 Å². The maximum atomic E-state index is 13.3. The number of aliphatic hydroxyl groups is 1. The number of hydrogen-bond acceptors (Lipinski definition) is 4. The molecule has 35 heavy (non-hydrogen) atoms. The lowest BCUT2D eigenvalue weighted by atomic mass is 9.78. The molecule has 184 valence electrons. The lowest BCUT2D eigenvalue weighted by Crippen LogP contribution is -2.51. The lowest BCUT2D eigenvalue weighted by Gasteiger charge is -2.46. The minimum Gasteiger partial charge on any atom is -0.438 e. The number of benzene rings is 2. The van der Waals surface area contributed by atoms with Crippen molar-refractivity contribution in [2.75, 3.05) is 6.54 Å². The first kappa shape index (κ1) is 24.7. The summed E-state index contributed by atoms with van der Waals surface area (Å²) in [6, 6.07) is 21.0. The van der Waals surface area contributed by atoms with Crippen LogP contribution in [0.15, 0.2) is 77.7 Å². The molecule has 6 nitrogen and oxygen atoms in total. The van der Waals surface area contributed by atoms with Crippen molar-refractivity contribution < 1.29 is 14.6 Å². The lowest BCUT2D eigenvalue weighted by molar-refractivity contribution is -0.106. The van der Waals surface area contributed by atoms with E-state index in [0.29, 0.717) is 25.8 Å². The van der Waals surface area contributed by atoms with Gasteiger partial charge in [-0.25, -0.2) is 4.79 Å². The van der Waals surface area contributed by atoms with Crippen molar-refractivity contribution >= 4 is 6.09 Å². The van der Waals surface area contributed by atoms with Crippen molar-refractivity contribution in [2.24, 2.45) is 7.05 Å². The molecule has 3 aromatic rings. The topological polar surface area (TPSA) is 71.8 Å². The van der Waals surface area contributed by atoms with Gasteiger partial charge in [0.15, 0.2) is 0 Å². The first-order valence-electron chi connectivity index (χ1n) is 12.2. The molecule has 1 saturated heterocycles. The molecule has 0 radical (unpaired) electrons. The van der Waals surface area contributed by atoms with E-state index in [1.807, 2.05) is 74.5 Å². The van der Waals surface area contributed by atoms with Crippen molar-refractivity contribution in [1.29, 1.82) is 0 Å². The van der Waals surface area contributed by atoms with Gasteiger partial charge in [-0.15, -0.1) is 0 Å². The van der Waals surface area contributed by atoms with Crippen LogP contribution in [0.5, 0.6) is 0 Å². The third-order valence-electron chi connectivity index (χ3n) is 7.30. The summed E-state index contributed by atoms with van der Waals surface area (Å²) in [5, 5.41) is 10.9. The highest BCUT2D eigenvalue weighted by molar-refractivity contribution is 5.70. The molecule has 4 rings (SSSR count). The van der Waals surface area contributed by atoms with Crippen molar-refractivity contribution in [1.82, 2.24) is 9.47 Å². The van der Waals surface area contributed by atoms with Gasteiger partial charge >= 0.3 is 6.09 Å². The highest BCUT2D eigenvalue weighted by atomic mass is 16.6. The molecular formula is C29H34N2O4. The van der Waals surface area contributed by atoms with Gasteiger partial charge in [0.1, 0.15) is 5.60 Å². The van der Waals surface area contributed by atoms with Crippen molar-refractivity contribution in [3.8, 4) is 11.1 Å². The van der Waals surface area contributed by atoms with Gasteiger partial charge in [0, 0.05) is 38.7 Å². The molecule has 1 amide bonds. The van der Waals surface area contributed by atoms with Crippen LogP contribution in [0.4, 0.5) is 4.79 Å². The van der Waals surface area contributed by atoms with Crippen LogP contribution in [-0.4, -0.2) is 32.8 Å². The number of rotatable bonds is 7. The number of aryl methyl sites for hydroxylation is 1. The second-order valence-electron chi connectivity index (χ2n) is 9.86. The number of carbonyl (C=O) groups is 1. The van der Waals surface area contributed by atoms with E-state index in [1.54, 1.807) is 31.1 Å². The molecule has 0 unspecified atom stereocenters. The number of nitrogens with zero attached hydrogens (tertiary/aromatic N) is 2. The van der Waals surface area contributed by atoms with E-state index in [0.717, 1.165) is 22.3 Å². The minimum absolute atomic E-state index is 0.0556. The third-order valence-corrected chi connectivity index (χ3v) is 7.30. The van der Waals surface area contributed by atoms with Crippen LogP contribution in [0.25, 0.3) is 11.1 Å². The Bertz CT molecular complexity index is 1230. The Hall–Kier alpha value is -3.38. The maximum Gasteiger partial charge on any atom is 0.411 e. The Morgan fingerprint density at radius 2 is 1.74 bits per heavy atom. The van der Waals surface area contributed by atoms with Gasteiger partial charge in [0.05, 0.1) is 11.6 Å². The smallest absolute Gasteiger partial charge is 0.411 e. The summed E-state index contributed by atoms with van der Waals surface area (Å²) in [5.74, 6) is 0. The third kappa shape index (κ3) is 5.17. The Morgan fingerprint density at radius 3 is 2.34 bits per heavy atom. The second-order valence-corrected chi connectivity index (χ2v) is 9.86. The van der Waals surface area contributed by atoms with Gasteiger partial charge in [-0.1, -0.05) is 61.5 Å². The summed E-state index contributed by atoms with van der Waals surface area (Å²) in [7, 11) is 1.73. The number of cyclic esters (lactones) is 1. The molecule has 1 N–H and O–H groups in total. The first-order valence-corrected chi connectivity index (χ1v) is 12.2. The van der Waals surface area contributed by atoms with Gasteiger partial charge in [0.2, 0.25) is 0 Å². The largest absolute Gasteiger partial charge is 0.438 e. The quantitative estimate of drug-likeness (QED) is 0.498. The molecule has 2 aromatic carbocycles. The van der Waals surface area contributed by atoms with Gasteiger partial charge in [-0.2, -0.15) is 0 Å². The van der Waals surface area contributed by atoms with Crippen LogP contribution in [-0.2, 0) is 17.4 Å². The average molecular weight is 475 g/mol. The number of hydrogen-bond donors (Lipinski definition) is 1. The van der Waals surface area contributed by atoms with Crippen molar-refractivity contribution in [3.05, 3.63) is 94.4 Å². The monoisotopic (exact) mass is 474 g/mol. The van der Waals surface area contributed by atoms with Crippen LogP contribution < -0.4 is 5.56 Å². The number of pyridine rings is 1. The van der Waals surface area contributed by atoms with Crippen LogP contribution in [0.3, 0.4) is 0 Å². The Morgan fingerprint density at radius 1 is 1.06 bits per heavy atom. The van der Waals surface area contributed by atoms with E-state index in [1.165, 1.54) is 4.57 Å². The fourth-order valence-electron chi connectivity index (χ4n) is 4.79. The maximum absolute atomic E-state index is 13.3. The van der Waals surface area contributed by atoms with Gasteiger partial charge in [-0.05, 0) is 48.6 Å². The molecule has 1 fully saturated rings. The number of carbonyl (C=O) groups excluding carboxylic acids is 1. The normalized spacial score (nSPS) is 20.7. The fraction of sp³-hybridized carbons (Fsp3) is 0.379. The van der Waals surface area contributed by atoms with E-state index >= 15 is 0 Å². The van der Waals surface area contributed by atoms with Crippen LogP contribution in [0, 0.1) is 0 Å². The molecule has 0 aliphatic carbocycles. The zero-order chi connectivity index (χ0) is 25.2. The Labute approximate surface area is 206 Å². The average Bonchev–Trinajstić information content (AvgIpc) is 2.86. The molecular weight excluding hydrogens is 440 g/mol. The second kappa shape index (κ2) is 9.70. The molecule has 0 saturated carbocycles. The highest BCUT2D eigenvalue weighted by Gasteiger charge is 2.46. The summed E-state index contributed by atoms with van der Waals surface area (Å²) < 4.78 is 7.70. The molecule has 0 spiro atoms. The highest BCUT2D eigenvalue weighted by Crippen LogP contribution is 2.43. The molecule has 2 heterocycles. The summed E-state index contributed by atoms with van der Waals surface area (Å²) >= 11 is 0. The van der Waals surface area contributed by atoms with E-state index in [4.69, 9.17) is 4.74 Å². The Balaban J connectivity index is 1.54. The minimum atomic E-state index is -0.946. The molecule has 3 atom stereocenters. The number of amides is 1. The van der Waals surface area contributed by atoms with Gasteiger partial charge in [0.25, 0.3) is 5.56 Å². The first-order chi connectivity index (χ1) is 16.6. The standard InChI is InChI=1S/C29H34N2O4/c1-5-28(3,34)20-29(25-9-7-6-8-10-25)16-18-31(27(33)35-29)21(2)22-11-13-23(14-12-22)24-15-17-30(4)26(32)19-24/h6-15,17,19,21,34H,5,16,18,20H2,1-4H3/t21-,28+,29-/m0/s1. The molecule has 6 heteroatoms. The van der Waals surface area contributed by atoms with Gasteiger partial charge in [-0.3, -0.25) is 4.79 Å². The van der Waals surface area contributed by atoms with Crippen LogP contribution in [0.1, 0.15) is 57.2 Å². The zero-order valence-corrected chi connectivity index (χ0v) is 20.9. The predicted molar refractivity (Wildman–Crippen MR) is 137 cm³/mol.